The van der Waals surface area contributed by atoms with Gasteiger partial charge in [-0.1, -0.05) is 25.1 Å². The molecule has 4 rings (SSSR count). The number of ether oxygens (including phenoxy) is 1. The van der Waals surface area contributed by atoms with Crippen LogP contribution < -0.4 is 10.1 Å². The number of nitrogens with zero attached hydrogens (tertiary/aromatic N) is 1. The van der Waals surface area contributed by atoms with Gasteiger partial charge in [-0.3, -0.25) is 9.69 Å². The highest BCUT2D eigenvalue weighted by Gasteiger charge is 2.27. The first-order valence-electron chi connectivity index (χ1n) is 10.4. The standard InChI is InChI=1S/C23H30N2O2S/c1-16-9-10-21-17(13-16)14-22(28-21)23(26)24-15-19(25-11-5-6-12-25)18-7-3-4-8-20(18)27-2/h3-4,7-8,14,16,19H,5-6,9-13,15H2,1-2H3,(H,24,26)/t16-,19+/m0/s1. The summed E-state index contributed by atoms with van der Waals surface area (Å²) in [4.78, 5) is 17.6. The number of nitrogens with one attached hydrogen (secondary N) is 1. The predicted octanol–water partition coefficient (Wildman–Crippen LogP) is 4.45. The van der Waals surface area contributed by atoms with Crippen molar-refractivity contribution in [3.63, 3.8) is 0 Å². The van der Waals surface area contributed by atoms with Crippen LogP contribution in [0.15, 0.2) is 30.3 Å². The van der Waals surface area contributed by atoms with Gasteiger partial charge in [0.1, 0.15) is 5.75 Å². The molecule has 1 aliphatic heterocycles. The summed E-state index contributed by atoms with van der Waals surface area (Å²) >= 11 is 1.68. The van der Waals surface area contributed by atoms with Crippen LogP contribution in [0, 0.1) is 5.92 Å². The Morgan fingerprint density at radius 3 is 2.89 bits per heavy atom. The van der Waals surface area contributed by atoms with Crippen LogP contribution in [0.5, 0.6) is 5.75 Å². The highest BCUT2D eigenvalue weighted by atomic mass is 32.1. The molecule has 0 saturated carbocycles. The molecule has 28 heavy (non-hydrogen) atoms. The molecule has 1 N–H and O–H groups in total. The number of aryl methyl sites for hydroxylation is 1. The number of hydrogen-bond donors (Lipinski definition) is 1. The molecule has 4 nitrogen and oxygen atoms in total. The van der Waals surface area contributed by atoms with E-state index in [0.717, 1.165) is 48.0 Å². The number of benzene rings is 1. The van der Waals surface area contributed by atoms with Gasteiger partial charge in [-0.2, -0.15) is 0 Å². The molecule has 0 spiro atoms. The summed E-state index contributed by atoms with van der Waals surface area (Å²) in [6, 6.07) is 10.5. The van der Waals surface area contributed by atoms with E-state index in [1.165, 1.54) is 29.7 Å². The van der Waals surface area contributed by atoms with Gasteiger partial charge in [0.15, 0.2) is 0 Å². The zero-order valence-corrected chi connectivity index (χ0v) is 17.7. The van der Waals surface area contributed by atoms with E-state index >= 15 is 0 Å². The van der Waals surface area contributed by atoms with Crippen LogP contribution in [0.1, 0.15) is 57.9 Å². The van der Waals surface area contributed by atoms with Gasteiger partial charge < -0.3 is 10.1 Å². The van der Waals surface area contributed by atoms with E-state index < -0.39 is 0 Å². The number of thiophene rings is 1. The molecule has 2 aromatic rings. The Hall–Kier alpha value is -1.85. The van der Waals surface area contributed by atoms with Gasteiger partial charge in [0.05, 0.1) is 18.0 Å². The molecule has 1 fully saturated rings. The van der Waals surface area contributed by atoms with Crippen LogP contribution >= 0.6 is 11.3 Å². The fourth-order valence-corrected chi connectivity index (χ4v) is 5.65. The quantitative estimate of drug-likeness (QED) is 0.782. The number of methoxy groups -OCH3 is 1. The van der Waals surface area contributed by atoms with Gasteiger partial charge in [-0.15, -0.1) is 11.3 Å². The Morgan fingerprint density at radius 1 is 1.32 bits per heavy atom. The Labute approximate surface area is 171 Å². The minimum absolute atomic E-state index is 0.0612. The summed E-state index contributed by atoms with van der Waals surface area (Å²) in [5.41, 5.74) is 2.54. The summed E-state index contributed by atoms with van der Waals surface area (Å²) in [6.07, 6.45) is 5.90. The maximum absolute atomic E-state index is 12.9. The van der Waals surface area contributed by atoms with Crippen LogP contribution in [0.4, 0.5) is 0 Å². The first-order chi connectivity index (χ1) is 13.7. The number of para-hydroxylation sites is 1. The fraction of sp³-hybridized carbons (Fsp3) is 0.522. The number of likely N-dealkylation sites (tertiary alicyclic amines) is 1. The van der Waals surface area contributed by atoms with Crippen LogP contribution in [0.25, 0.3) is 0 Å². The molecule has 0 unspecified atom stereocenters. The second-order valence-corrected chi connectivity index (χ2v) is 9.25. The summed E-state index contributed by atoms with van der Waals surface area (Å²) in [5.74, 6) is 1.68. The summed E-state index contributed by atoms with van der Waals surface area (Å²) in [6.45, 7) is 5.06. The molecular weight excluding hydrogens is 368 g/mol. The highest BCUT2D eigenvalue weighted by molar-refractivity contribution is 7.14. The Kier molecular flexibility index (Phi) is 6.02. The van der Waals surface area contributed by atoms with Crippen LogP contribution in [-0.2, 0) is 12.8 Å². The van der Waals surface area contributed by atoms with Crippen molar-refractivity contribution in [1.29, 1.82) is 0 Å². The number of carbonyl (C=O) groups is 1. The van der Waals surface area contributed by atoms with Crippen molar-refractivity contribution in [1.82, 2.24) is 10.2 Å². The first-order valence-corrected chi connectivity index (χ1v) is 11.2. The topological polar surface area (TPSA) is 41.6 Å². The smallest absolute Gasteiger partial charge is 0.261 e. The fourth-order valence-electron chi connectivity index (χ4n) is 4.52. The Morgan fingerprint density at radius 2 is 2.11 bits per heavy atom. The number of rotatable bonds is 6. The lowest BCUT2D eigenvalue weighted by Crippen LogP contribution is -2.36. The minimum atomic E-state index is 0.0612. The summed E-state index contributed by atoms with van der Waals surface area (Å²) in [7, 11) is 1.72. The van der Waals surface area contributed by atoms with Crippen LogP contribution in [0.2, 0.25) is 0 Å². The maximum atomic E-state index is 12.9. The lowest BCUT2D eigenvalue weighted by Gasteiger charge is -2.29. The van der Waals surface area contributed by atoms with Crippen molar-refractivity contribution in [2.45, 2.75) is 45.1 Å². The maximum Gasteiger partial charge on any atom is 0.261 e. The number of fused-ring (bicyclic) bond motifs is 1. The van der Waals surface area contributed by atoms with Crippen LogP contribution in [-0.4, -0.2) is 37.6 Å². The van der Waals surface area contributed by atoms with Crippen LogP contribution in [0.3, 0.4) is 0 Å². The predicted molar refractivity (Wildman–Crippen MR) is 114 cm³/mol. The SMILES string of the molecule is COc1ccccc1[C@@H](CNC(=O)c1cc2c(s1)CC[C@H](C)C2)N1CCCC1. The Balaban J connectivity index is 1.49. The zero-order valence-electron chi connectivity index (χ0n) is 16.9. The second-order valence-electron chi connectivity index (χ2n) is 8.12. The molecule has 0 radical (unpaired) electrons. The number of amides is 1. The van der Waals surface area contributed by atoms with Gasteiger partial charge in [-0.25, -0.2) is 0 Å². The molecule has 5 heteroatoms. The molecule has 1 aromatic heterocycles. The van der Waals surface area contributed by atoms with E-state index in [1.54, 1.807) is 18.4 Å². The number of carbonyl (C=O) groups excluding carboxylic acids is 1. The van der Waals surface area contributed by atoms with E-state index in [1.807, 2.05) is 12.1 Å². The molecule has 1 saturated heterocycles. The van der Waals surface area contributed by atoms with Crippen molar-refractivity contribution < 1.29 is 9.53 Å². The lowest BCUT2D eigenvalue weighted by atomic mass is 9.90. The third kappa shape index (κ3) is 4.11. The van der Waals surface area contributed by atoms with Crippen molar-refractivity contribution in [2.75, 3.05) is 26.7 Å². The molecule has 150 valence electrons. The van der Waals surface area contributed by atoms with E-state index in [9.17, 15) is 4.79 Å². The molecule has 1 aromatic carbocycles. The van der Waals surface area contributed by atoms with E-state index in [4.69, 9.17) is 4.74 Å². The zero-order chi connectivity index (χ0) is 19.5. The molecule has 2 aliphatic rings. The lowest BCUT2D eigenvalue weighted by molar-refractivity contribution is 0.0941. The average Bonchev–Trinajstić information content (AvgIpc) is 3.38. The summed E-state index contributed by atoms with van der Waals surface area (Å²) < 4.78 is 5.61. The molecular formula is C23H30N2O2S. The van der Waals surface area contributed by atoms with Gasteiger partial charge >= 0.3 is 0 Å². The van der Waals surface area contributed by atoms with Gasteiger partial charge in [0, 0.05) is 17.0 Å². The van der Waals surface area contributed by atoms with Gasteiger partial charge in [-0.05, 0) is 68.8 Å². The molecule has 2 atom stereocenters. The molecule has 2 heterocycles. The largest absolute Gasteiger partial charge is 0.496 e. The molecule has 0 bridgehead atoms. The average molecular weight is 399 g/mol. The van der Waals surface area contributed by atoms with Crippen molar-refractivity contribution in [3.8, 4) is 5.75 Å². The van der Waals surface area contributed by atoms with Gasteiger partial charge in [0.25, 0.3) is 5.91 Å². The Bertz CT molecular complexity index is 826. The van der Waals surface area contributed by atoms with Crippen molar-refractivity contribution >= 4 is 17.2 Å². The molecule has 1 amide bonds. The van der Waals surface area contributed by atoms with Crippen molar-refractivity contribution in [2.24, 2.45) is 5.92 Å². The van der Waals surface area contributed by atoms with E-state index in [-0.39, 0.29) is 11.9 Å². The second kappa shape index (κ2) is 8.66. The van der Waals surface area contributed by atoms with E-state index in [2.05, 4.69) is 35.3 Å². The molecule has 1 aliphatic carbocycles. The first kappa shape index (κ1) is 19.5. The monoisotopic (exact) mass is 398 g/mol. The van der Waals surface area contributed by atoms with E-state index in [0.29, 0.717) is 6.54 Å². The summed E-state index contributed by atoms with van der Waals surface area (Å²) in [5, 5.41) is 3.22. The normalized spacial score (nSPS) is 20.6. The third-order valence-electron chi connectivity index (χ3n) is 6.09. The van der Waals surface area contributed by atoms with Crippen molar-refractivity contribution in [3.05, 3.63) is 51.2 Å². The van der Waals surface area contributed by atoms with Gasteiger partial charge in [0.2, 0.25) is 0 Å². The highest BCUT2D eigenvalue weighted by Crippen LogP contribution is 2.33. The third-order valence-corrected chi connectivity index (χ3v) is 7.32. The minimum Gasteiger partial charge on any atom is -0.496 e. The number of hydrogen-bond acceptors (Lipinski definition) is 4.